The maximum atomic E-state index is 13.3. The van der Waals surface area contributed by atoms with Gasteiger partial charge in [-0.05, 0) is 47.9 Å². The van der Waals surface area contributed by atoms with Crippen LogP contribution >= 0.6 is 11.3 Å². The van der Waals surface area contributed by atoms with Gasteiger partial charge in [-0.1, -0.05) is 44.2 Å². The quantitative estimate of drug-likeness (QED) is 0.221. The van der Waals surface area contributed by atoms with Crippen LogP contribution in [0.5, 0.6) is 5.75 Å². The van der Waals surface area contributed by atoms with Crippen LogP contribution in [0.3, 0.4) is 0 Å². The smallest absolute Gasteiger partial charge is 0.302 e. The van der Waals surface area contributed by atoms with Crippen LogP contribution in [0.15, 0.2) is 70.9 Å². The number of amides is 1. The van der Waals surface area contributed by atoms with Gasteiger partial charge in [-0.15, -0.1) is 0 Å². The number of ether oxygens (including phenoxy) is 1. The van der Waals surface area contributed by atoms with Gasteiger partial charge in [-0.3, -0.25) is 14.5 Å². The topological polar surface area (TPSA) is 92.9 Å². The summed E-state index contributed by atoms with van der Waals surface area (Å²) in [6.45, 7) is 6.09. The Hall–Kier alpha value is -3.91. The van der Waals surface area contributed by atoms with Crippen molar-refractivity contribution in [2.75, 3.05) is 12.0 Å². The highest BCUT2D eigenvalue weighted by molar-refractivity contribution is 7.22. The van der Waals surface area contributed by atoms with Crippen molar-refractivity contribution >= 4 is 44.1 Å². The van der Waals surface area contributed by atoms with Gasteiger partial charge in [0.1, 0.15) is 23.3 Å². The van der Waals surface area contributed by atoms with Crippen molar-refractivity contribution in [3.05, 3.63) is 83.3 Å². The number of methoxy groups -OCH3 is 1. The van der Waals surface area contributed by atoms with Crippen molar-refractivity contribution in [3.8, 4) is 5.75 Å². The first kappa shape index (κ1) is 22.9. The lowest BCUT2D eigenvalue weighted by Crippen LogP contribution is -2.29. The molecule has 0 saturated carbocycles. The molecule has 3 heterocycles. The van der Waals surface area contributed by atoms with E-state index >= 15 is 0 Å². The van der Waals surface area contributed by atoms with Gasteiger partial charge in [0.25, 0.3) is 5.78 Å². The number of carbonyl (C=O) groups is 2. The molecule has 5 rings (SSSR count). The summed E-state index contributed by atoms with van der Waals surface area (Å²) in [5, 5.41) is 11.8. The molecular formula is C27H24N2O5S. The van der Waals surface area contributed by atoms with Crippen LogP contribution in [-0.2, 0) is 15.0 Å². The second-order valence-corrected chi connectivity index (χ2v) is 10.3. The number of nitrogens with zero attached hydrogens (tertiary/aromatic N) is 2. The number of fused-ring (bicyclic) bond motifs is 1. The van der Waals surface area contributed by atoms with Crippen molar-refractivity contribution in [3.63, 3.8) is 0 Å². The molecule has 1 aliphatic heterocycles. The Bertz CT molecular complexity index is 1440. The highest BCUT2D eigenvalue weighted by Crippen LogP contribution is 2.45. The van der Waals surface area contributed by atoms with Gasteiger partial charge in [0, 0.05) is 11.1 Å². The summed E-state index contributed by atoms with van der Waals surface area (Å²) in [6.07, 6.45) is 1.47. The fraction of sp³-hybridized carbons (Fsp3) is 0.222. The van der Waals surface area contributed by atoms with Gasteiger partial charge in [0.15, 0.2) is 5.13 Å². The van der Waals surface area contributed by atoms with E-state index in [2.05, 4.69) is 4.98 Å². The second kappa shape index (κ2) is 8.39. The van der Waals surface area contributed by atoms with E-state index in [1.807, 2.05) is 45.0 Å². The Morgan fingerprint density at radius 2 is 1.89 bits per heavy atom. The lowest BCUT2D eigenvalue weighted by molar-refractivity contribution is -0.132. The predicted octanol–water partition coefficient (Wildman–Crippen LogP) is 5.82. The molecule has 35 heavy (non-hydrogen) atoms. The molecule has 2 aromatic heterocycles. The van der Waals surface area contributed by atoms with Crippen LogP contribution in [0.25, 0.3) is 16.0 Å². The Kier molecular flexibility index (Phi) is 5.48. The maximum Gasteiger partial charge on any atom is 0.302 e. The third kappa shape index (κ3) is 3.80. The van der Waals surface area contributed by atoms with E-state index in [0.717, 1.165) is 15.8 Å². The van der Waals surface area contributed by atoms with E-state index in [1.54, 1.807) is 37.4 Å². The molecular weight excluding hydrogens is 464 g/mol. The Balaban J connectivity index is 1.71. The van der Waals surface area contributed by atoms with Crippen molar-refractivity contribution in [2.45, 2.75) is 32.2 Å². The van der Waals surface area contributed by atoms with Crippen LogP contribution in [0.1, 0.15) is 43.7 Å². The average molecular weight is 489 g/mol. The number of thiazole rings is 1. The molecule has 1 N–H and O–H groups in total. The molecule has 0 aliphatic carbocycles. The maximum absolute atomic E-state index is 13.3. The van der Waals surface area contributed by atoms with E-state index in [0.29, 0.717) is 22.2 Å². The first-order chi connectivity index (χ1) is 16.7. The molecule has 178 valence electrons. The fourth-order valence-corrected chi connectivity index (χ4v) is 5.30. The number of Topliss-reactive ketones (excluding diaryl/α,β-unsaturated/α-hetero) is 1. The SMILES string of the molecule is COc1ccc(/C(O)=C2\C(=O)C(=O)N(c3nc4ccccc4s3)C2c2ccco2)cc1C(C)(C)C. The molecule has 8 heteroatoms. The number of carbonyl (C=O) groups excluding carboxylic acids is 2. The van der Waals surface area contributed by atoms with Crippen LogP contribution < -0.4 is 9.64 Å². The van der Waals surface area contributed by atoms with Gasteiger partial charge < -0.3 is 14.3 Å². The largest absolute Gasteiger partial charge is 0.507 e. The van der Waals surface area contributed by atoms with Crippen LogP contribution in [0, 0.1) is 0 Å². The van der Waals surface area contributed by atoms with Crippen LogP contribution in [-0.4, -0.2) is 28.9 Å². The number of aromatic nitrogens is 1. The van der Waals surface area contributed by atoms with Gasteiger partial charge in [-0.25, -0.2) is 4.98 Å². The average Bonchev–Trinajstić information content (AvgIpc) is 3.56. The number of aliphatic hydroxyl groups is 1. The van der Waals surface area contributed by atoms with Gasteiger partial charge in [0.2, 0.25) is 0 Å². The van der Waals surface area contributed by atoms with Crippen molar-refractivity contribution in [1.29, 1.82) is 0 Å². The van der Waals surface area contributed by atoms with Gasteiger partial charge >= 0.3 is 5.91 Å². The summed E-state index contributed by atoms with van der Waals surface area (Å²) in [6, 6.07) is 15.1. The zero-order valence-corrected chi connectivity index (χ0v) is 20.6. The van der Waals surface area contributed by atoms with Crippen LogP contribution in [0.2, 0.25) is 0 Å². The second-order valence-electron chi connectivity index (χ2n) is 9.31. The molecule has 0 spiro atoms. The Morgan fingerprint density at radius 1 is 1.11 bits per heavy atom. The summed E-state index contributed by atoms with van der Waals surface area (Å²) in [7, 11) is 1.59. The molecule has 2 aromatic carbocycles. The number of anilines is 1. The van der Waals surface area contributed by atoms with E-state index in [-0.39, 0.29) is 16.7 Å². The normalized spacial score (nSPS) is 17.9. The highest BCUT2D eigenvalue weighted by Gasteiger charge is 2.49. The number of aliphatic hydroxyl groups excluding tert-OH is 1. The summed E-state index contributed by atoms with van der Waals surface area (Å²) in [4.78, 5) is 32.5. The van der Waals surface area contributed by atoms with Crippen molar-refractivity contribution in [1.82, 2.24) is 4.98 Å². The first-order valence-corrected chi connectivity index (χ1v) is 11.9. The van der Waals surface area contributed by atoms with E-state index < -0.39 is 17.7 Å². The Morgan fingerprint density at radius 3 is 2.54 bits per heavy atom. The molecule has 1 unspecified atom stereocenters. The molecule has 1 fully saturated rings. The monoisotopic (exact) mass is 488 g/mol. The van der Waals surface area contributed by atoms with Gasteiger partial charge in [0.05, 0.1) is 29.2 Å². The van der Waals surface area contributed by atoms with E-state index in [9.17, 15) is 14.7 Å². The number of ketones is 1. The molecule has 4 aromatic rings. The lowest BCUT2D eigenvalue weighted by atomic mass is 9.84. The summed E-state index contributed by atoms with van der Waals surface area (Å²) in [5.41, 5.74) is 1.66. The third-order valence-corrected chi connectivity index (χ3v) is 7.06. The van der Waals surface area contributed by atoms with Crippen molar-refractivity contribution in [2.24, 2.45) is 0 Å². The number of benzene rings is 2. The van der Waals surface area contributed by atoms with Gasteiger partial charge in [-0.2, -0.15) is 0 Å². The number of hydrogen-bond acceptors (Lipinski definition) is 7. The molecule has 0 bridgehead atoms. The third-order valence-electron chi connectivity index (χ3n) is 6.03. The van der Waals surface area contributed by atoms with Crippen LogP contribution in [0.4, 0.5) is 5.13 Å². The molecule has 1 amide bonds. The first-order valence-electron chi connectivity index (χ1n) is 11.1. The molecule has 0 radical (unpaired) electrons. The number of rotatable bonds is 4. The fourth-order valence-electron chi connectivity index (χ4n) is 4.31. The minimum atomic E-state index is -0.953. The lowest BCUT2D eigenvalue weighted by Gasteiger charge is -2.23. The van der Waals surface area contributed by atoms with Crippen molar-refractivity contribution < 1.29 is 23.8 Å². The minimum absolute atomic E-state index is 0.0470. The molecule has 7 nitrogen and oxygen atoms in total. The number of furan rings is 1. The summed E-state index contributed by atoms with van der Waals surface area (Å²) < 4.78 is 12.0. The van der Waals surface area contributed by atoms with E-state index in [1.165, 1.54) is 22.5 Å². The zero-order valence-electron chi connectivity index (χ0n) is 19.7. The molecule has 1 atom stereocenters. The number of para-hydroxylation sites is 1. The zero-order chi connectivity index (χ0) is 24.9. The standard InChI is InChI=1S/C27H24N2O5S/c1-27(2,3)16-14-15(11-12-18(16)33-4)23(30)21-22(19-9-7-13-34-19)29(25(32)24(21)31)26-28-17-8-5-6-10-20(17)35-26/h5-14,22,30H,1-4H3/b23-21+. The molecule has 1 saturated heterocycles. The van der Waals surface area contributed by atoms with E-state index in [4.69, 9.17) is 9.15 Å². The summed E-state index contributed by atoms with van der Waals surface area (Å²) >= 11 is 1.30. The molecule has 1 aliphatic rings. The minimum Gasteiger partial charge on any atom is -0.507 e. The summed E-state index contributed by atoms with van der Waals surface area (Å²) in [5.74, 6) is -0.810. The predicted molar refractivity (Wildman–Crippen MR) is 135 cm³/mol. The highest BCUT2D eigenvalue weighted by atomic mass is 32.1. The Labute approximate surface area is 206 Å². The number of hydrogen-bond donors (Lipinski definition) is 1.